The number of halogens is 2. The second-order valence-corrected chi connectivity index (χ2v) is 4.62. The van der Waals surface area contributed by atoms with Gasteiger partial charge in [-0.2, -0.15) is 0 Å². The zero-order valence-electron chi connectivity index (χ0n) is 8.54. The fraction of sp³-hybridized carbons (Fsp3) is 0.444. The van der Waals surface area contributed by atoms with Crippen molar-refractivity contribution in [3.05, 3.63) is 20.2 Å². The van der Waals surface area contributed by atoms with Crippen LogP contribution in [0.15, 0.2) is 0 Å². The van der Waals surface area contributed by atoms with Crippen LogP contribution in [0, 0.1) is 3.57 Å². The molecule has 0 N–H and O–H groups in total. The molecular weight excluding hydrogens is 330 g/mol. The van der Waals surface area contributed by atoms with Gasteiger partial charge in [0.05, 0.1) is 16.4 Å². The number of carbonyl (C=O) groups excluding carboxylic acids is 1. The van der Waals surface area contributed by atoms with Gasteiger partial charge in [0.15, 0.2) is 0 Å². The van der Waals surface area contributed by atoms with Gasteiger partial charge in [-0.05, 0) is 28.5 Å². The molecule has 0 aliphatic heterocycles. The number of methoxy groups -OCH3 is 1. The van der Waals surface area contributed by atoms with Crippen molar-refractivity contribution >= 4 is 40.2 Å². The highest BCUT2D eigenvalue weighted by Crippen LogP contribution is 2.24. The molecule has 1 heterocycles. The van der Waals surface area contributed by atoms with Crippen LogP contribution in [-0.4, -0.2) is 23.0 Å². The lowest BCUT2D eigenvalue weighted by Gasteiger charge is -2.09. The third kappa shape index (κ3) is 2.78. The normalized spacial score (nSPS) is 10.5. The smallest absolute Gasteiger partial charge is 0.376 e. The van der Waals surface area contributed by atoms with Gasteiger partial charge in [-0.15, -0.1) is 0 Å². The van der Waals surface area contributed by atoms with Crippen LogP contribution in [0.1, 0.15) is 36.1 Å². The van der Waals surface area contributed by atoms with Crippen molar-refractivity contribution in [3.8, 4) is 0 Å². The van der Waals surface area contributed by atoms with Crippen LogP contribution in [-0.2, 0) is 4.74 Å². The van der Waals surface area contributed by atoms with Crippen molar-refractivity contribution in [2.24, 2.45) is 0 Å². The van der Waals surface area contributed by atoms with Crippen LogP contribution in [0.5, 0.6) is 0 Å². The molecule has 0 amide bonds. The molecule has 82 valence electrons. The van der Waals surface area contributed by atoms with E-state index in [1.165, 1.54) is 7.11 Å². The Bertz CT molecular complexity index is 396. The van der Waals surface area contributed by atoms with Crippen LogP contribution >= 0.6 is 34.2 Å². The maximum atomic E-state index is 11.2. The molecule has 0 fully saturated rings. The fourth-order valence-corrected chi connectivity index (χ4v) is 2.04. The van der Waals surface area contributed by atoms with Gasteiger partial charge in [-0.1, -0.05) is 25.4 Å². The summed E-state index contributed by atoms with van der Waals surface area (Å²) in [7, 11) is 1.28. The molecule has 0 aliphatic rings. The van der Waals surface area contributed by atoms with E-state index in [0.717, 1.165) is 9.26 Å². The highest BCUT2D eigenvalue weighted by atomic mass is 127. The molecule has 15 heavy (non-hydrogen) atoms. The van der Waals surface area contributed by atoms with E-state index in [-0.39, 0.29) is 16.9 Å². The van der Waals surface area contributed by atoms with Crippen molar-refractivity contribution < 1.29 is 9.53 Å². The molecular formula is C9H10ClIN2O2. The average Bonchev–Trinajstić information content (AvgIpc) is 2.20. The van der Waals surface area contributed by atoms with E-state index in [2.05, 4.69) is 37.3 Å². The summed E-state index contributed by atoms with van der Waals surface area (Å²) < 4.78 is 5.32. The number of esters is 1. The Balaban J connectivity index is 3.29. The Morgan fingerprint density at radius 3 is 2.53 bits per heavy atom. The second-order valence-electron chi connectivity index (χ2n) is 3.18. The Labute approximate surface area is 107 Å². The minimum atomic E-state index is -0.574. The summed E-state index contributed by atoms with van der Waals surface area (Å²) in [5, 5.41) is 0.287. The number of ether oxygens (including phenoxy) is 1. The largest absolute Gasteiger partial charge is 0.463 e. The molecule has 1 aromatic rings. The standard InChI is InChI=1S/C9H10ClIN2O2/c1-4(2)6-5(11)7(10)13-8(12-6)9(14)15-3/h4H,1-3H3. The minimum absolute atomic E-state index is 0.00613. The number of rotatable bonds is 2. The van der Waals surface area contributed by atoms with Gasteiger partial charge in [0.2, 0.25) is 5.82 Å². The number of carbonyl (C=O) groups is 1. The average molecular weight is 341 g/mol. The molecule has 0 saturated heterocycles. The molecule has 0 spiro atoms. The van der Waals surface area contributed by atoms with Gasteiger partial charge in [-0.25, -0.2) is 14.8 Å². The van der Waals surface area contributed by atoms with Crippen LogP contribution in [0.4, 0.5) is 0 Å². The fourth-order valence-electron chi connectivity index (χ4n) is 1.00. The predicted molar refractivity (Wildman–Crippen MR) is 65.2 cm³/mol. The van der Waals surface area contributed by atoms with Crippen molar-refractivity contribution in [1.82, 2.24) is 9.97 Å². The number of nitrogens with zero attached hydrogens (tertiary/aromatic N) is 2. The first-order valence-corrected chi connectivity index (χ1v) is 5.74. The van der Waals surface area contributed by atoms with Crippen LogP contribution < -0.4 is 0 Å². The molecule has 6 heteroatoms. The van der Waals surface area contributed by atoms with Gasteiger partial charge in [0, 0.05) is 0 Å². The van der Waals surface area contributed by atoms with Gasteiger partial charge < -0.3 is 4.74 Å². The molecule has 0 atom stereocenters. The molecule has 4 nitrogen and oxygen atoms in total. The molecule has 0 saturated carbocycles. The highest BCUT2D eigenvalue weighted by molar-refractivity contribution is 14.1. The van der Waals surface area contributed by atoms with E-state index in [1.54, 1.807) is 0 Å². The predicted octanol–water partition coefficient (Wildman–Crippen LogP) is 2.64. The van der Waals surface area contributed by atoms with E-state index in [9.17, 15) is 4.79 Å². The lowest BCUT2D eigenvalue weighted by molar-refractivity contribution is 0.0586. The number of aromatic nitrogens is 2. The molecule has 0 aliphatic carbocycles. The number of hydrogen-bond donors (Lipinski definition) is 0. The van der Waals surface area contributed by atoms with E-state index < -0.39 is 5.97 Å². The van der Waals surface area contributed by atoms with E-state index in [1.807, 2.05) is 13.8 Å². The first-order chi connectivity index (χ1) is 6.97. The SMILES string of the molecule is COC(=O)c1nc(Cl)c(I)c(C(C)C)n1. The molecule has 1 rings (SSSR count). The Morgan fingerprint density at radius 2 is 2.07 bits per heavy atom. The van der Waals surface area contributed by atoms with Crippen molar-refractivity contribution in [1.29, 1.82) is 0 Å². The molecule has 0 aromatic carbocycles. The Kier molecular flexibility index (Phi) is 4.27. The highest BCUT2D eigenvalue weighted by Gasteiger charge is 2.17. The minimum Gasteiger partial charge on any atom is -0.463 e. The van der Waals surface area contributed by atoms with E-state index >= 15 is 0 Å². The van der Waals surface area contributed by atoms with Gasteiger partial charge in [-0.3, -0.25) is 0 Å². The van der Waals surface area contributed by atoms with Gasteiger partial charge in [0.25, 0.3) is 0 Å². The van der Waals surface area contributed by atoms with Gasteiger partial charge in [0.1, 0.15) is 5.15 Å². The van der Waals surface area contributed by atoms with Crippen LogP contribution in [0.3, 0.4) is 0 Å². The van der Waals surface area contributed by atoms with E-state index in [4.69, 9.17) is 11.6 Å². The Hall–Kier alpha value is -0.430. The summed E-state index contributed by atoms with van der Waals surface area (Å²) in [6.07, 6.45) is 0. The quantitative estimate of drug-likeness (QED) is 0.472. The van der Waals surface area contributed by atoms with Crippen molar-refractivity contribution in [2.45, 2.75) is 19.8 Å². The summed E-state index contributed by atoms with van der Waals surface area (Å²) in [5.74, 6) is -0.386. The first kappa shape index (κ1) is 12.6. The molecule has 1 aromatic heterocycles. The first-order valence-electron chi connectivity index (χ1n) is 4.28. The van der Waals surface area contributed by atoms with Crippen LogP contribution in [0.2, 0.25) is 5.15 Å². The van der Waals surface area contributed by atoms with E-state index in [0.29, 0.717) is 0 Å². The molecule has 0 unspecified atom stereocenters. The van der Waals surface area contributed by atoms with Crippen molar-refractivity contribution in [2.75, 3.05) is 7.11 Å². The third-order valence-corrected chi connectivity index (χ3v) is 3.41. The topological polar surface area (TPSA) is 52.1 Å². The lowest BCUT2D eigenvalue weighted by atomic mass is 10.1. The summed E-state index contributed by atoms with van der Waals surface area (Å²) >= 11 is 7.96. The maximum Gasteiger partial charge on any atom is 0.376 e. The summed E-state index contributed by atoms with van der Waals surface area (Å²) in [6, 6.07) is 0. The summed E-state index contributed by atoms with van der Waals surface area (Å²) in [5.41, 5.74) is 0.760. The number of hydrogen-bond acceptors (Lipinski definition) is 4. The zero-order chi connectivity index (χ0) is 11.6. The monoisotopic (exact) mass is 340 g/mol. The lowest BCUT2D eigenvalue weighted by Crippen LogP contribution is -2.12. The zero-order valence-corrected chi connectivity index (χ0v) is 11.5. The maximum absolute atomic E-state index is 11.2. The Morgan fingerprint density at radius 1 is 1.47 bits per heavy atom. The van der Waals surface area contributed by atoms with Crippen LogP contribution in [0.25, 0.3) is 0 Å². The molecule has 0 bridgehead atoms. The third-order valence-electron chi connectivity index (χ3n) is 1.75. The molecule has 0 radical (unpaired) electrons. The van der Waals surface area contributed by atoms with Crippen molar-refractivity contribution in [3.63, 3.8) is 0 Å². The summed E-state index contributed by atoms with van der Waals surface area (Å²) in [6.45, 7) is 3.95. The second kappa shape index (κ2) is 5.07. The summed E-state index contributed by atoms with van der Waals surface area (Å²) in [4.78, 5) is 19.2. The van der Waals surface area contributed by atoms with Gasteiger partial charge >= 0.3 is 5.97 Å².